The Kier molecular flexibility index (Phi) is 7.12. The van der Waals surface area contributed by atoms with E-state index in [4.69, 9.17) is 5.73 Å². The number of hydrogen-bond donors (Lipinski definition) is 2. The van der Waals surface area contributed by atoms with E-state index >= 15 is 0 Å². The first-order valence-corrected chi connectivity index (χ1v) is 7.74. The van der Waals surface area contributed by atoms with Crippen molar-refractivity contribution >= 4 is 17.8 Å². The third kappa shape index (κ3) is 6.45. The van der Waals surface area contributed by atoms with Crippen molar-refractivity contribution < 1.29 is 9.53 Å². The second-order valence-electron chi connectivity index (χ2n) is 5.72. The second kappa shape index (κ2) is 8.34. The van der Waals surface area contributed by atoms with Crippen LogP contribution in [0, 0.1) is 0 Å². The Hall–Kier alpha value is -0.980. The van der Waals surface area contributed by atoms with Crippen LogP contribution in [-0.4, -0.2) is 30.1 Å². The molecular weight excluding hydrogens is 274 g/mol. The number of thiazole rings is 1. The Balaban J connectivity index is 0.000000246. The highest BCUT2D eigenvalue weighted by Crippen LogP contribution is 2.28. The van der Waals surface area contributed by atoms with E-state index in [9.17, 15) is 4.79 Å². The van der Waals surface area contributed by atoms with Gasteiger partial charge >= 0.3 is 0 Å². The van der Waals surface area contributed by atoms with Gasteiger partial charge in [-0.1, -0.05) is 0 Å². The molecule has 114 valence electrons. The molecule has 0 unspecified atom stereocenters. The molecule has 20 heavy (non-hydrogen) atoms. The van der Waals surface area contributed by atoms with Crippen LogP contribution >= 0.6 is 11.3 Å². The van der Waals surface area contributed by atoms with Crippen molar-refractivity contribution in [3.8, 4) is 0 Å². The van der Waals surface area contributed by atoms with E-state index in [1.165, 1.54) is 22.7 Å². The number of nitrogens with two attached hydrogens (primary N) is 1. The minimum Gasteiger partial charge on any atom is -0.462 e. The summed E-state index contributed by atoms with van der Waals surface area (Å²) in [7, 11) is 0. The van der Waals surface area contributed by atoms with E-state index in [0.717, 1.165) is 13.1 Å². The maximum atomic E-state index is 9.60. The van der Waals surface area contributed by atoms with Gasteiger partial charge in [-0.2, -0.15) is 0 Å². The number of ether oxygens (including phenoxy) is 1. The number of rotatable bonds is 3. The number of hydrogen-bond acceptors (Lipinski definition) is 6. The Morgan fingerprint density at radius 1 is 1.50 bits per heavy atom. The van der Waals surface area contributed by atoms with Crippen LogP contribution in [0.1, 0.15) is 49.4 Å². The molecule has 2 rings (SSSR count). The van der Waals surface area contributed by atoms with E-state index in [2.05, 4.69) is 15.0 Å². The van der Waals surface area contributed by atoms with Gasteiger partial charge in [0.25, 0.3) is 6.47 Å². The Morgan fingerprint density at radius 2 is 2.15 bits per heavy atom. The van der Waals surface area contributed by atoms with Gasteiger partial charge in [0.05, 0.1) is 5.01 Å². The molecule has 1 aliphatic rings. The molecule has 2 heterocycles. The molecule has 1 aromatic heterocycles. The standard InChI is InChI=1S/C9H15N3S.C5H10O2/c10-5-8-6-12-9(13-8)7-1-3-11-4-2-7;1-5(2,3)7-4-6/h6-7,11H,1-5,10H2;4H,1-3H3. The number of piperidine rings is 1. The predicted octanol–water partition coefficient (Wildman–Crippen LogP) is 2.03. The zero-order valence-corrected chi connectivity index (χ0v) is 13.3. The maximum absolute atomic E-state index is 9.60. The van der Waals surface area contributed by atoms with Crippen LogP contribution in [0.15, 0.2) is 6.20 Å². The molecule has 1 aromatic rings. The third-order valence-corrected chi connectivity index (χ3v) is 4.04. The molecule has 0 radical (unpaired) electrons. The van der Waals surface area contributed by atoms with Gasteiger partial charge in [0.2, 0.25) is 0 Å². The number of aromatic nitrogens is 1. The van der Waals surface area contributed by atoms with Gasteiger partial charge in [-0.3, -0.25) is 4.79 Å². The van der Waals surface area contributed by atoms with Crippen LogP contribution in [0.5, 0.6) is 0 Å². The minimum absolute atomic E-state index is 0.318. The van der Waals surface area contributed by atoms with E-state index in [1.54, 1.807) is 11.3 Å². The fourth-order valence-corrected chi connectivity index (χ4v) is 2.78. The maximum Gasteiger partial charge on any atom is 0.293 e. The molecule has 0 saturated carbocycles. The lowest BCUT2D eigenvalue weighted by Gasteiger charge is -2.20. The largest absolute Gasteiger partial charge is 0.462 e. The lowest BCUT2D eigenvalue weighted by Crippen LogP contribution is -2.26. The van der Waals surface area contributed by atoms with Crippen LogP contribution in [0.3, 0.4) is 0 Å². The molecule has 0 spiro atoms. The van der Waals surface area contributed by atoms with Gasteiger partial charge in [-0.05, 0) is 46.7 Å². The molecule has 6 heteroatoms. The van der Waals surface area contributed by atoms with E-state index in [1.807, 2.05) is 27.0 Å². The molecule has 0 aliphatic carbocycles. The van der Waals surface area contributed by atoms with Gasteiger partial charge in [-0.25, -0.2) is 4.98 Å². The summed E-state index contributed by atoms with van der Waals surface area (Å²) in [5.74, 6) is 0.673. The Labute approximate surface area is 124 Å². The van der Waals surface area contributed by atoms with E-state index in [-0.39, 0.29) is 5.60 Å². The number of carbonyl (C=O) groups excluding carboxylic acids is 1. The first-order chi connectivity index (χ1) is 9.46. The first-order valence-electron chi connectivity index (χ1n) is 6.93. The van der Waals surface area contributed by atoms with Crippen LogP contribution in [-0.2, 0) is 16.1 Å². The van der Waals surface area contributed by atoms with Crippen LogP contribution in [0.25, 0.3) is 0 Å². The lowest BCUT2D eigenvalue weighted by atomic mass is 9.99. The van der Waals surface area contributed by atoms with Gasteiger partial charge < -0.3 is 15.8 Å². The quantitative estimate of drug-likeness (QED) is 0.835. The average molecular weight is 299 g/mol. The zero-order chi connectivity index (χ0) is 15.0. The fraction of sp³-hybridized carbons (Fsp3) is 0.714. The molecule has 0 amide bonds. The van der Waals surface area contributed by atoms with Crippen molar-refractivity contribution in [2.75, 3.05) is 13.1 Å². The summed E-state index contributed by atoms with van der Waals surface area (Å²) in [6.07, 6.45) is 4.36. The topological polar surface area (TPSA) is 77.2 Å². The number of carbonyl (C=O) groups is 1. The highest BCUT2D eigenvalue weighted by Gasteiger charge is 2.17. The van der Waals surface area contributed by atoms with Crippen molar-refractivity contribution in [2.24, 2.45) is 5.73 Å². The Bertz CT molecular complexity index is 395. The van der Waals surface area contributed by atoms with Crippen LogP contribution < -0.4 is 11.1 Å². The zero-order valence-electron chi connectivity index (χ0n) is 12.5. The summed E-state index contributed by atoms with van der Waals surface area (Å²) < 4.78 is 4.55. The van der Waals surface area contributed by atoms with E-state index in [0.29, 0.717) is 18.9 Å². The lowest BCUT2D eigenvalue weighted by molar-refractivity contribution is -0.138. The fourth-order valence-electron chi connectivity index (χ4n) is 1.82. The molecule has 0 bridgehead atoms. The molecule has 0 atom stereocenters. The summed E-state index contributed by atoms with van der Waals surface area (Å²) in [6.45, 7) is 8.80. The monoisotopic (exact) mass is 299 g/mol. The predicted molar refractivity (Wildman–Crippen MR) is 81.8 cm³/mol. The normalized spacial score (nSPS) is 16.2. The van der Waals surface area contributed by atoms with E-state index < -0.39 is 0 Å². The number of nitrogens with zero attached hydrogens (tertiary/aromatic N) is 1. The van der Waals surface area contributed by atoms with Crippen LogP contribution in [0.4, 0.5) is 0 Å². The van der Waals surface area contributed by atoms with Crippen molar-refractivity contribution in [2.45, 2.75) is 51.7 Å². The Morgan fingerprint density at radius 3 is 2.55 bits per heavy atom. The highest BCUT2D eigenvalue weighted by molar-refractivity contribution is 7.11. The molecule has 3 N–H and O–H groups in total. The molecule has 0 aromatic carbocycles. The second-order valence-corrected chi connectivity index (χ2v) is 6.87. The summed E-state index contributed by atoms with van der Waals surface area (Å²) in [6, 6.07) is 0. The summed E-state index contributed by atoms with van der Waals surface area (Å²) in [4.78, 5) is 15.2. The minimum atomic E-state index is -0.318. The van der Waals surface area contributed by atoms with Crippen molar-refractivity contribution in [3.63, 3.8) is 0 Å². The van der Waals surface area contributed by atoms with Gasteiger partial charge in [-0.15, -0.1) is 11.3 Å². The first kappa shape index (κ1) is 17.1. The number of nitrogens with one attached hydrogen (secondary N) is 1. The smallest absolute Gasteiger partial charge is 0.293 e. The van der Waals surface area contributed by atoms with Gasteiger partial charge in [0.1, 0.15) is 5.60 Å². The summed E-state index contributed by atoms with van der Waals surface area (Å²) in [5.41, 5.74) is 5.23. The highest BCUT2D eigenvalue weighted by atomic mass is 32.1. The van der Waals surface area contributed by atoms with Crippen molar-refractivity contribution in [1.29, 1.82) is 0 Å². The summed E-state index contributed by atoms with van der Waals surface area (Å²) >= 11 is 1.78. The third-order valence-electron chi connectivity index (χ3n) is 2.86. The van der Waals surface area contributed by atoms with Crippen molar-refractivity contribution in [1.82, 2.24) is 10.3 Å². The van der Waals surface area contributed by atoms with Crippen molar-refractivity contribution in [3.05, 3.63) is 16.1 Å². The molecule has 1 saturated heterocycles. The van der Waals surface area contributed by atoms with Gasteiger partial charge in [0, 0.05) is 23.5 Å². The van der Waals surface area contributed by atoms with Crippen LogP contribution in [0.2, 0.25) is 0 Å². The molecule has 5 nitrogen and oxygen atoms in total. The van der Waals surface area contributed by atoms with Gasteiger partial charge in [0.15, 0.2) is 0 Å². The summed E-state index contributed by atoms with van der Waals surface area (Å²) in [5, 5.41) is 4.64. The molecular formula is C14H25N3O2S. The SMILES string of the molecule is CC(C)(C)OC=O.NCc1cnc(C2CCNCC2)s1. The average Bonchev–Trinajstić information content (AvgIpc) is 2.88. The molecule has 1 fully saturated rings. The molecule has 1 aliphatic heterocycles.